The van der Waals surface area contributed by atoms with Crippen molar-refractivity contribution >= 4 is 28.7 Å². The molecule has 1 amide bonds. The molecule has 0 bridgehead atoms. The Morgan fingerprint density at radius 3 is 2.65 bits per heavy atom. The fourth-order valence-corrected chi connectivity index (χ4v) is 4.52. The molecule has 1 fully saturated rings. The van der Waals surface area contributed by atoms with Gasteiger partial charge in [-0.15, -0.1) is 0 Å². The van der Waals surface area contributed by atoms with Gasteiger partial charge in [0.2, 0.25) is 5.91 Å². The normalized spacial score (nSPS) is 16.0. The molecule has 0 radical (unpaired) electrons. The smallest absolute Gasteiger partial charge is 0.240 e. The number of amides is 1. The van der Waals surface area contributed by atoms with Crippen LogP contribution in [0.25, 0.3) is 11.0 Å². The third-order valence-electron chi connectivity index (χ3n) is 4.84. The summed E-state index contributed by atoms with van der Waals surface area (Å²) in [4.78, 5) is 23.3. The molecule has 1 aromatic heterocycles. The maximum Gasteiger partial charge on any atom is 0.240 e. The Morgan fingerprint density at radius 2 is 1.88 bits per heavy atom. The zero-order chi connectivity index (χ0) is 17.9. The zero-order valence-corrected chi connectivity index (χ0v) is 15.8. The van der Waals surface area contributed by atoms with E-state index in [-0.39, 0.29) is 11.2 Å². The molecule has 0 aliphatic carbocycles. The van der Waals surface area contributed by atoms with Crippen LogP contribution < -0.4 is 0 Å². The number of piperidine rings is 1. The Kier molecular flexibility index (Phi) is 4.98. The highest BCUT2D eigenvalue weighted by Gasteiger charge is 2.28. The fraction of sp³-hybridized carbons (Fsp3) is 0.333. The van der Waals surface area contributed by atoms with Crippen molar-refractivity contribution in [1.29, 1.82) is 0 Å². The molecule has 1 atom stereocenters. The Labute approximate surface area is 158 Å². The van der Waals surface area contributed by atoms with Gasteiger partial charge in [-0.3, -0.25) is 4.79 Å². The molecular formula is C21H23N3OS. The Hall–Kier alpha value is -2.27. The number of aromatic amines is 1. The number of hydrogen-bond donors (Lipinski definition) is 1. The molecule has 1 aliphatic heterocycles. The van der Waals surface area contributed by atoms with Gasteiger partial charge in [-0.05, 0) is 49.4 Å². The molecule has 2 aromatic carbocycles. The van der Waals surface area contributed by atoms with Gasteiger partial charge in [-0.2, -0.15) is 0 Å². The number of benzene rings is 2. The summed E-state index contributed by atoms with van der Waals surface area (Å²) in [6.07, 6.45) is 3.42. The number of aryl methyl sites for hydroxylation is 1. The van der Waals surface area contributed by atoms with Crippen molar-refractivity contribution in [2.45, 2.75) is 36.6 Å². The van der Waals surface area contributed by atoms with Gasteiger partial charge >= 0.3 is 0 Å². The molecule has 3 aromatic rings. The van der Waals surface area contributed by atoms with Crippen molar-refractivity contribution in [3.63, 3.8) is 0 Å². The zero-order valence-electron chi connectivity index (χ0n) is 14.9. The highest BCUT2D eigenvalue weighted by molar-refractivity contribution is 8.00. The van der Waals surface area contributed by atoms with Crippen molar-refractivity contribution in [2.24, 2.45) is 0 Å². The second-order valence-electron chi connectivity index (χ2n) is 6.86. The molecule has 26 heavy (non-hydrogen) atoms. The van der Waals surface area contributed by atoms with Crippen LogP contribution in [-0.4, -0.2) is 33.9 Å². The monoisotopic (exact) mass is 365 g/mol. The summed E-state index contributed by atoms with van der Waals surface area (Å²) >= 11 is 1.52. The van der Waals surface area contributed by atoms with Crippen LogP contribution in [0.15, 0.2) is 53.7 Å². The van der Waals surface area contributed by atoms with E-state index in [0.717, 1.165) is 47.7 Å². The molecule has 134 valence electrons. The molecule has 4 rings (SSSR count). The lowest BCUT2D eigenvalue weighted by molar-refractivity contribution is -0.131. The van der Waals surface area contributed by atoms with Crippen LogP contribution in [0.1, 0.15) is 35.6 Å². The summed E-state index contributed by atoms with van der Waals surface area (Å²) in [5, 5.41) is 0.528. The van der Waals surface area contributed by atoms with Crippen LogP contribution >= 0.6 is 11.8 Å². The number of carbonyl (C=O) groups is 1. The van der Waals surface area contributed by atoms with E-state index in [4.69, 9.17) is 0 Å². The number of rotatable bonds is 4. The molecule has 5 heteroatoms. The van der Waals surface area contributed by atoms with E-state index in [2.05, 4.69) is 29.0 Å². The van der Waals surface area contributed by atoms with Crippen LogP contribution in [-0.2, 0) is 4.79 Å². The van der Waals surface area contributed by atoms with E-state index in [1.165, 1.54) is 23.7 Å². The Balaban J connectivity index is 1.64. The molecule has 0 spiro atoms. The van der Waals surface area contributed by atoms with Gasteiger partial charge in [-0.25, -0.2) is 4.98 Å². The second-order valence-corrected chi connectivity index (χ2v) is 7.95. The van der Waals surface area contributed by atoms with Crippen molar-refractivity contribution in [3.05, 3.63) is 59.7 Å². The number of fused-ring (bicyclic) bond motifs is 1. The van der Waals surface area contributed by atoms with E-state index in [1.807, 2.05) is 41.3 Å². The molecule has 4 nitrogen and oxygen atoms in total. The predicted octanol–water partition coefficient (Wildman–Crippen LogP) is 4.72. The first-order chi connectivity index (χ1) is 12.7. The van der Waals surface area contributed by atoms with Crippen LogP contribution in [0.5, 0.6) is 0 Å². The number of nitrogens with one attached hydrogen (secondary N) is 1. The van der Waals surface area contributed by atoms with Crippen LogP contribution in [0.3, 0.4) is 0 Å². The third kappa shape index (κ3) is 3.63. The van der Waals surface area contributed by atoms with Crippen LogP contribution in [0, 0.1) is 6.92 Å². The van der Waals surface area contributed by atoms with Gasteiger partial charge in [0, 0.05) is 13.1 Å². The molecule has 1 saturated heterocycles. The first kappa shape index (κ1) is 17.2. The van der Waals surface area contributed by atoms with Gasteiger partial charge in [0.25, 0.3) is 0 Å². The van der Waals surface area contributed by atoms with E-state index in [0.29, 0.717) is 0 Å². The number of thioether (sulfide) groups is 1. The standard InChI is InChI=1S/C21H23N3OS/c1-15-10-11-17-18(14-15)23-21(22-17)26-19(16-8-4-2-5-9-16)20(25)24-12-6-3-7-13-24/h2,4-5,8-11,14,19H,3,6-7,12-13H2,1H3,(H,22,23)/t19-/m0/s1. The van der Waals surface area contributed by atoms with Gasteiger partial charge < -0.3 is 9.88 Å². The van der Waals surface area contributed by atoms with E-state index in [9.17, 15) is 4.79 Å². The first-order valence-electron chi connectivity index (χ1n) is 9.17. The number of nitrogens with zero attached hydrogens (tertiary/aromatic N) is 2. The summed E-state index contributed by atoms with van der Waals surface area (Å²) in [5.74, 6) is 0.192. The van der Waals surface area contributed by atoms with E-state index >= 15 is 0 Å². The van der Waals surface area contributed by atoms with Crippen molar-refractivity contribution in [2.75, 3.05) is 13.1 Å². The number of imidazole rings is 1. The number of H-pyrrole nitrogens is 1. The van der Waals surface area contributed by atoms with E-state index < -0.39 is 0 Å². The van der Waals surface area contributed by atoms with Crippen molar-refractivity contribution < 1.29 is 4.79 Å². The SMILES string of the molecule is Cc1ccc2nc(S[C@H](C(=O)N3CCCCC3)c3ccccc3)[nH]c2c1. The Morgan fingerprint density at radius 1 is 1.12 bits per heavy atom. The summed E-state index contributed by atoms with van der Waals surface area (Å²) < 4.78 is 0. The van der Waals surface area contributed by atoms with Crippen molar-refractivity contribution in [3.8, 4) is 0 Å². The maximum absolute atomic E-state index is 13.2. The lowest BCUT2D eigenvalue weighted by Crippen LogP contribution is -2.38. The fourth-order valence-electron chi connectivity index (χ4n) is 3.44. The lowest BCUT2D eigenvalue weighted by atomic mass is 10.1. The van der Waals surface area contributed by atoms with Crippen LogP contribution in [0.2, 0.25) is 0 Å². The average molecular weight is 366 g/mol. The molecular weight excluding hydrogens is 342 g/mol. The Bertz CT molecular complexity index is 900. The number of aromatic nitrogens is 2. The van der Waals surface area contributed by atoms with Gasteiger partial charge in [0.15, 0.2) is 5.16 Å². The van der Waals surface area contributed by atoms with E-state index in [1.54, 1.807) is 0 Å². The molecule has 1 aliphatic rings. The molecule has 2 heterocycles. The summed E-state index contributed by atoms with van der Waals surface area (Å²) in [7, 11) is 0. The van der Waals surface area contributed by atoms with Crippen LogP contribution in [0.4, 0.5) is 0 Å². The minimum absolute atomic E-state index is 0.192. The highest BCUT2D eigenvalue weighted by atomic mass is 32.2. The topological polar surface area (TPSA) is 49.0 Å². The first-order valence-corrected chi connectivity index (χ1v) is 10.1. The number of hydrogen-bond acceptors (Lipinski definition) is 3. The summed E-state index contributed by atoms with van der Waals surface area (Å²) in [6.45, 7) is 3.80. The van der Waals surface area contributed by atoms with Gasteiger partial charge in [0.05, 0.1) is 11.0 Å². The maximum atomic E-state index is 13.2. The molecule has 0 saturated carbocycles. The highest BCUT2D eigenvalue weighted by Crippen LogP contribution is 2.36. The predicted molar refractivity (Wildman–Crippen MR) is 106 cm³/mol. The second kappa shape index (κ2) is 7.54. The minimum Gasteiger partial charge on any atom is -0.341 e. The summed E-state index contributed by atoms with van der Waals surface area (Å²) in [6, 6.07) is 16.2. The minimum atomic E-state index is -0.268. The lowest BCUT2D eigenvalue weighted by Gasteiger charge is -2.30. The third-order valence-corrected chi connectivity index (χ3v) is 5.97. The molecule has 0 unspecified atom stereocenters. The number of likely N-dealkylation sites (tertiary alicyclic amines) is 1. The largest absolute Gasteiger partial charge is 0.341 e. The number of carbonyl (C=O) groups excluding carboxylic acids is 1. The quantitative estimate of drug-likeness (QED) is 0.681. The average Bonchev–Trinajstić information content (AvgIpc) is 3.08. The summed E-state index contributed by atoms with van der Waals surface area (Å²) in [5.41, 5.74) is 4.19. The van der Waals surface area contributed by atoms with Crippen molar-refractivity contribution in [1.82, 2.24) is 14.9 Å². The molecule has 1 N–H and O–H groups in total. The van der Waals surface area contributed by atoms with Gasteiger partial charge in [0.1, 0.15) is 5.25 Å². The van der Waals surface area contributed by atoms with Gasteiger partial charge in [-0.1, -0.05) is 48.2 Å².